The van der Waals surface area contributed by atoms with Crippen LogP contribution in [0.3, 0.4) is 0 Å². The Morgan fingerprint density at radius 3 is 2.91 bits per heavy atom. The van der Waals surface area contributed by atoms with Crippen molar-refractivity contribution in [2.75, 3.05) is 16.8 Å². The van der Waals surface area contributed by atoms with Gasteiger partial charge in [-0.3, -0.25) is 9.59 Å². The number of halogens is 1. The molecular weight excluding hydrogens is 302 g/mol. The minimum Gasteiger partial charge on any atom is -0.324 e. The number of para-hydroxylation sites is 2. The summed E-state index contributed by atoms with van der Waals surface area (Å²) in [5.41, 5.74) is 1.75. The van der Waals surface area contributed by atoms with Crippen LogP contribution in [-0.2, 0) is 4.79 Å². The number of anilines is 2. The molecule has 0 saturated heterocycles. The summed E-state index contributed by atoms with van der Waals surface area (Å²) in [4.78, 5) is 30.4. The molecule has 1 aromatic heterocycles. The highest BCUT2D eigenvalue weighted by atomic mass is 35.5. The second kappa shape index (κ2) is 5.77. The van der Waals surface area contributed by atoms with Crippen LogP contribution in [0.5, 0.6) is 0 Å². The Balaban J connectivity index is 2.05. The highest BCUT2D eigenvalue weighted by Crippen LogP contribution is 2.31. The largest absolute Gasteiger partial charge is 0.324 e. The molecule has 1 atom stereocenters. The van der Waals surface area contributed by atoms with Crippen molar-refractivity contribution in [3.63, 3.8) is 0 Å². The van der Waals surface area contributed by atoms with Gasteiger partial charge in [0.25, 0.3) is 5.91 Å². The molecule has 0 spiro atoms. The third-order valence-electron chi connectivity index (χ3n) is 3.58. The summed E-state index contributed by atoms with van der Waals surface area (Å²) in [6.45, 7) is 2.10. The van der Waals surface area contributed by atoms with Gasteiger partial charge in [0.1, 0.15) is 5.15 Å². The summed E-state index contributed by atoms with van der Waals surface area (Å²) >= 11 is 5.86. The molecule has 1 aromatic carbocycles. The molecule has 1 aliphatic heterocycles. The SMILES string of the molecule is C[C@H]1CN(C(=O)c2ccnc(Cl)c2)c2ccccc2NC1=O. The Kier molecular flexibility index (Phi) is 3.81. The highest BCUT2D eigenvalue weighted by molar-refractivity contribution is 6.29. The number of carbonyl (C=O) groups excluding carboxylic acids is 2. The fraction of sp³-hybridized carbons (Fsp3) is 0.188. The minimum atomic E-state index is -0.311. The first-order chi connectivity index (χ1) is 10.6. The smallest absolute Gasteiger partial charge is 0.258 e. The van der Waals surface area contributed by atoms with Crippen molar-refractivity contribution >= 4 is 34.8 Å². The van der Waals surface area contributed by atoms with Crippen molar-refractivity contribution in [1.82, 2.24) is 4.98 Å². The van der Waals surface area contributed by atoms with E-state index in [2.05, 4.69) is 10.3 Å². The highest BCUT2D eigenvalue weighted by Gasteiger charge is 2.29. The number of carbonyl (C=O) groups is 2. The molecule has 2 heterocycles. The van der Waals surface area contributed by atoms with Gasteiger partial charge in [0.05, 0.1) is 17.3 Å². The summed E-state index contributed by atoms with van der Waals surface area (Å²) in [6, 6.07) is 10.4. The Morgan fingerprint density at radius 1 is 1.36 bits per heavy atom. The first kappa shape index (κ1) is 14.5. The van der Waals surface area contributed by atoms with Gasteiger partial charge in [-0.1, -0.05) is 30.7 Å². The average Bonchev–Trinajstić information content (AvgIpc) is 2.64. The zero-order chi connectivity index (χ0) is 15.7. The van der Waals surface area contributed by atoms with Gasteiger partial charge in [-0.15, -0.1) is 0 Å². The summed E-state index contributed by atoms with van der Waals surface area (Å²) in [5, 5.41) is 3.11. The second-order valence-corrected chi connectivity index (χ2v) is 5.58. The van der Waals surface area contributed by atoms with Crippen LogP contribution in [0.4, 0.5) is 11.4 Å². The fourth-order valence-corrected chi connectivity index (χ4v) is 2.58. The van der Waals surface area contributed by atoms with Gasteiger partial charge in [-0.2, -0.15) is 0 Å². The molecule has 0 bridgehead atoms. The van der Waals surface area contributed by atoms with Crippen molar-refractivity contribution in [1.29, 1.82) is 0 Å². The van der Waals surface area contributed by atoms with E-state index in [-0.39, 0.29) is 22.9 Å². The van der Waals surface area contributed by atoms with Crippen molar-refractivity contribution < 1.29 is 9.59 Å². The number of amides is 2. The van der Waals surface area contributed by atoms with E-state index in [1.54, 1.807) is 24.0 Å². The lowest BCUT2D eigenvalue weighted by Crippen LogP contribution is -2.35. The van der Waals surface area contributed by atoms with Crippen molar-refractivity contribution in [3.8, 4) is 0 Å². The molecule has 22 heavy (non-hydrogen) atoms. The molecule has 0 fully saturated rings. The molecule has 1 aliphatic rings. The van der Waals surface area contributed by atoms with E-state index in [4.69, 9.17) is 11.6 Å². The molecule has 2 aromatic rings. The number of hydrogen-bond donors (Lipinski definition) is 1. The van der Waals surface area contributed by atoms with Crippen molar-refractivity contribution in [2.45, 2.75) is 6.92 Å². The third kappa shape index (κ3) is 2.67. The molecule has 1 N–H and O–H groups in total. The summed E-state index contributed by atoms with van der Waals surface area (Å²) in [5.74, 6) is -0.621. The van der Waals surface area contributed by atoms with Gasteiger partial charge in [0, 0.05) is 18.3 Å². The zero-order valence-electron chi connectivity index (χ0n) is 11.9. The molecule has 0 unspecified atom stereocenters. The van der Waals surface area contributed by atoms with Crippen LogP contribution in [0, 0.1) is 5.92 Å². The standard InChI is InChI=1S/C16H14ClN3O2/c1-10-9-20(16(22)11-6-7-18-14(17)8-11)13-5-3-2-4-12(13)19-15(10)21/h2-8,10H,9H2,1H3,(H,19,21)/t10-/m0/s1. The Hall–Kier alpha value is -2.40. The van der Waals surface area contributed by atoms with Gasteiger partial charge in [0.15, 0.2) is 0 Å². The Bertz CT molecular complexity index is 748. The zero-order valence-corrected chi connectivity index (χ0v) is 12.7. The molecular formula is C16H14ClN3O2. The molecule has 3 rings (SSSR count). The normalized spacial score (nSPS) is 17.5. The van der Waals surface area contributed by atoms with E-state index in [9.17, 15) is 9.59 Å². The first-order valence-electron chi connectivity index (χ1n) is 6.89. The van der Waals surface area contributed by atoms with Crippen LogP contribution in [-0.4, -0.2) is 23.3 Å². The predicted octanol–water partition coefficient (Wildman–Crippen LogP) is 2.97. The van der Waals surface area contributed by atoms with Gasteiger partial charge in [0.2, 0.25) is 5.91 Å². The number of rotatable bonds is 1. The van der Waals surface area contributed by atoms with E-state index >= 15 is 0 Å². The quantitative estimate of drug-likeness (QED) is 0.823. The number of hydrogen-bond acceptors (Lipinski definition) is 3. The number of pyridine rings is 1. The second-order valence-electron chi connectivity index (χ2n) is 5.19. The van der Waals surface area contributed by atoms with Gasteiger partial charge in [-0.05, 0) is 24.3 Å². The molecule has 2 amide bonds. The summed E-state index contributed by atoms with van der Waals surface area (Å²) < 4.78 is 0. The van der Waals surface area contributed by atoms with E-state index in [0.717, 1.165) is 0 Å². The number of aromatic nitrogens is 1. The lowest BCUT2D eigenvalue weighted by atomic mass is 10.1. The maximum atomic E-state index is 12.8. The van der Waals surface area contributed by atoms with Gasteiger partial charge < -0.3 is 10.2 Å². The Morgan fingerprint density at radius 2 is 2.14 bits per heavy atom. The summed E-state index contributed by atoms with van der Waals surface area (Å²) in [6.07, 6.45) is 1.49. The molecule has 112 valence electrons. The molecule has 6 heteroatoms. The van der Waals surface area contributed by atoms with Gasteiger partial charge in [-0.25, -0.2) is 4.98 Å². The number of nitrogens with zero attached hydrogens (tertiary/aromatic N) is 2. The van der Waals surface area contributed by atoms with E-state index in [0.29, 0.717) is 23.5 Å². The maximum Gasteiger partial charge on any atom is 0.258 e. The monoisotopic (exact) mass is 315 g/mol. The molecule has 0 radical (unpaired) electrons. The van der Waals surface area contributed by atoms with Crippen LogP contribution in [0.25, 0.3) is 0 Å². The van der Waals surface area contributed by atoms with Crippen LogP contribution in [0.2, 0.25) is 5.15 Å². The van der Waals surface area contributed by atoms with Crippen molar-refractivity contribution in [3.05, 3.63) is 53.3 Å². The maximum absolute atomic E-state index is 12.8. The van der Waals surface area contributed by atoms with Crippen LogP contribution in [0.1, 0.15) is 17.3 Å². The molecule has 5 nitrogen and oxygen atoms in total. The lowest BCUT2D eigenvalue weighted by Gasteiger charge is -2.23. The number of fused-ring (bicyclic) bond motifs is 1. The number of benzene rings is 1. The van der Waals surface area contributed by atoms with E-state index < -0.39 is 0 Å². The third-order valence-corrected chi connectivity index (χ3v) is 3.78. The number of nitrogens with one attached hydrogen (secondary N) is 1. The predicted molar refractivity (Wildman–Crippen MR) is 85.2 cm³/mol. The summed E-state index contributed by atoms with van der Waals surface area (Å²) in [7, 11) is 0. The average molecular weight is 316 g/mol. The van der Waals surface area contributed by atoms with Crippen LogP contribution < -0.4 is 10.2 Å². The first-order valence-corrected chi connectivity index (χ1v) is 7.27. The Labute approximate surface area is 132 Å². The molecule has 0 saturated carbocycles. The molecule has 0 aliphatic carbocycles. The van der Waals surface area contributed by atoms with Gasteiger partial charge >= 0.3 is 0 Å². The topological polar surface area (TPSA) is 62.3 Å². The van der Waals surface area contributed by atoms with E-state index in [1.807, 2.05) is 18.2 Å². The van der Waals surface area contributed by atoms with E-state index in [1.165, 1.54) is 12.3 Å². The van der Waals surface area contributed by atoms with Crippen LogP contribution >= 0.6 is 11.6 Å². The fourth-order valence-electron chi connectivity index (χ4n) is 2.41. The van der Waals surface area contributed by atoms with Crippen molar-refractivity contribution in [2.24, 2.45) is 5.92 Å². The lowest BCUT2D eigenvalue weighted by molar-refractivity contribution is -0.119. The van der Waals surface area contributed by atoms with Crippen LogP contribution in [0.15, 0.2) is 42.6 Å². The minimum absolute atomic E-state index is 0.101.